The molecule has 8 aliphatic rings. The fourth-order valence-corrected chi connectivity index (χ4v) is 16.5. The van der Waals surface area contributed by atoms with E-state index in [0.717, 1.165) is 32.1 Å². The Labute approximate surface area is 512 Å². The number of fused-ring (bicyclic) bond motifs is 6. The van der Waals surface area contributed by atoms with Crippen molar-refractivity contribution >= 4 is 93.2 Å². The molecule has 2 aromatic heterocycles. The SMILES string of the molecule is CC1(C)CCC2(CC1)C[C@@H](C(=O)C[C@@H]1CC[C@@H](C(N)=O)OC1)[C@H](c1cccc(Cl)c1F)[C@]21C(=O)Nc2cc(Cl)ncc21.CC1(C)CCC2(CC1)N[C@@H](C(=O)O)[C@H](c1cccc(Cl)c1F)C21C(=O)Nc2cc(Cl)ncc21.NC(=O)[C@@H]1CC[C@@H](N)CO1. The van der Waals surface area contributed by atoms with E-state index in [1.54, 1.807) is 36.5 Å². The maximum absolute atomic E-state index is 16.1. The summed E-state index contributed by atoms with van der Waals surface area (Å²) >= 11 is 24.8. The van der Waals surface area contributed by atoms with Gasteiger partial charge in [-0.1, -0.05) is 98.4 Å². The third kappa shape index (κ3) is 11.0. The number of carbonyl (C=O) groups excluding carboxylic acids is 5. The van der Waals surface area contributed by atoms with E-state index in [9.17, 15) is 33.9 Å². The number of anilines is 2. The van der Waals surface area contributed by atoms with Crippen LogP contribution in [0.25, 0.3) is 0 Å². The van der Waals surface area contributed by atoms with Crippen molar-refractivity contribution in [3.05, 3.63) is 115 Å². The average Bonchev–Trinajstić information content (AvgIpc) is 1.54. The van der Waals surface area contributed by atoms with Crippen LogP contribution in [0.15, 0.2) is 60.9 Å². The van der Waals surface area contributed by atoms with Gasteiger partial charge < -0.3 is 42.4 Å². The monoisotopic (exact) mass is 1250 g/mol. The molecule has 3 saturated carbocycles. The standard InChI is InChI=1S/C32H36Cl2FN3O4.C24H24Cl2FN3O3.C6H12N2O2/c1-30(2)8-10-31(11-9-30)14-19(23(39)12-17-6-7-24(28(36)40)42-16-17)26(18-4-3-5-21(33)27(18)35)32(31)20-15-37-25(34)13-22(20)38-29(32)41;1-22(2)6-8-23(9-7-22)24(13-11-28-16(26)10-15(13)29-21(24)33)17(19(30-23)20(31)32)12-4-3-5-14(25)18(12)27;7-4-1-2-5(6(8)9)10-3-4/h3-5,13,15,17,19,24,26H,6-12,14,16H2,1-2H3,(H2,36,40)(H,38,41);3-5,10-11,17,19,30H,6-9H2,1-2H3,(H,29,33)(H,31,32);4-5H,1-3,7H2,(H2,8,9)/t17-,19-,24-,26-,32+;17-,19+,24?;4-,5+/m001/s1. The third-order valence-corrected chi connectivity index (χ3v) is 21.2. The number of hydrogen-bond acceptors (Lipinski definition) is 12. The number of ether oxygens (including phenoxy) is 2. The number of Topliss-reactive ketones (excluding diaryl/α,β-unsaturated/α-hetero) is 1. The summed E-state index contributed by atoms with van der Waals surface area (Å²) in [5.74, 6) is -6.58. The Morgan fingerprint density at radius 3 is 1.64 bits per heavy atom. The van der Waals surface area contributed by atoms with E-state index in [4.69, 9.17) is 73.1 Å². The number of aliphatic carboxylic acids is 1. The Morgan fingerprint density at radius 2 is 1.15 bits per heavy atom. The van der Waals surface area contributed by atoms with Gasteiger partial charge in [-0.3, -0.25) is 34.1 Å². The first-order valence-electron chi connectivity index (χ1n) is 29.0. The highest BCUT2D eigenvalue weighted by Gasteiger charge is 2.75. The van der Waals surface area contributed by atoms with Crippen LogP contribution >= 0.6 is 46.4 Å². The minimum atomic E-state index is -1.40. The minimum absolute atomic E-state index is 0.0326. The number of aromatic nitrogens is 2. The molecule has 3 saturated heterocycles. The molecule has 10 atom stereocenters. The highest BCUT2D eigenvalue weighted by molar-refractivity contribution is 6.31. The number of primary amides is 2. The zero-order valence-corrected chi connectivity index (χ0v) is 50.8. The van der Waals surface area contributed by atoms with E-state index in [1.807, 2.05) is 0 Å². The highest BCUT2D eigenvalue weighted by atomic mass is 35.5. The molecule has 10 N–H and O–H groups in total. The van der Waals surface area contributed by atoms with Gasteiger partial charge in [0.2, 0.25) is 23.6 Å². The lowest BCUT2D eigenvalue weighted by atomic mass is 9.51. The van der Waals surface area contributed by atoms with Crippen LogP contribution in [0, 0.1) is 39.7 Å². The lowest BCUT2D eigenvalue weighted by molar-refractivity contribution is -0.140. The highest BCUT2D eigenvalue weighted by Crippen LogP contribution is 2.73. The quantitative estimate of drug-likeness (QED) is 0.0810. The second kappa shape index (κ2) is 23.6. The number of benzene rings is 2. The molecule has 2 aromatic carbocycles. The second-order valence-electron chi connectivity index (χ2n) is 26.2. The summed E-state index contributed by atoms with van der Waals surface area (Å²) in [4.78, 5) is 86.2. The molecular formula is C62H72Cl4F2N8O9. The van der Waals surface area contributed by atoms with Crippen LogP contribution < -0.4 is 33.2 Å². The van der Waals surface area contributed by atoms with Gasteiger partial charge >= 0.3 is 5.97 Å². The number of halogens is 6. The van der Waals surface area contributed by atoms with Gasteiger partial charge in [-0.15, -0.1) is 0 Å². The van der Waals surface area contributed by atoms with Gasteiger partial charge in [0.15, 0.2) is 0 Å². The summed E-state index contributed by atoms with van der Waals surface area (Å²) in [7, 11) is 0. The molecule has 4 spiro atoms. The van der Waals surface area contributed by atoms with Crippen molar-refractivity contribution in [3.8, 4) is 0 Å². The van der Waals surface area contributed by atoms with Gasteiger partial charge in [-0.05, 0) is 141 Å². The number of rotatable bonds is 8. The molecule has 6 fully saturated rings. The fourth-order valence-electron chi connectivity index (χ4n) is 15.8. The van der Waals surface area contributed by atoms with Crippen molar-refractivity contribution in [1.29, 1.82) is 0 Å². The summed E-state index contributed by atoms with van der Waals surface area (Å²) in [6.07, 6.45) is 11.2. The molecule has 85 heavy (non-hydrogen) atoms. The largest absolute Gasteiger partial charge is 0.480 e. The molecule has 1 unspecified atom stereocenters. The number of ketones is 1. The predicted octanol–water partition coefficient (Wildman–Crippen LogP) is 10.2. The summed E-state index contributed by atoms with van der Waals surface area (Å²) in [5.41, 5.74) is 14.5. The Balaban J connectivity index is 0.000000166. The number of nitrogens with one attached hydrogen (secondary N) is 3. The van der Waals surface area contributed by atoms with Gasteiger partial charge in [-0.25, -0.2) is 18.7 Å². The first kappa shape index (κ1) is 62.7. The number of pyridine rings is 2. The van der Waals surface area contributed by atoms with Gasteiger partial charge in [0, 0.05) is 70.7 Å². The summed E-state index contributed by atoms with van der Waals surface area (Å²) in [6.45, 7) is 9.48. The van der Waals surface area contributed by atoms with Crippen molar-refractivity contribution in [2.45, 2.75) is 170 Å². The zero-order chi connectivity index (χ0) is 61.3. The second-order valence-corrected chi connectivity index (χ2v) is 27.8. The van der Waals surface area contributed by atoms with Crippen LogP contribution in [-0.4, -0.2) is 93.5 Å². The first-order chi connectivity index (χ1) is 40.1. The minimum Gasteiger partial charge on any atom is -0.480 e. The normalized spacial score (nSPS) is 30.8. The van der Waals surface area contributed by atoms with Crippen molar-refractivity contribution in [3.63, 3.8) is 0 Å². The van der Waals surface area contributed by atoms with Crippen molar-refractivity contribution < 1.29 is 52.1 Å². The van der Waals surface area contributed by atoms with E-state index in [0.29, 0.717) is 80.5 Å². The first-order valence-corrected chi connectivity index (χ1v) is 30.6. The summed E-state index contributed by atoms with van der Waals surface area (Å²) in [5, 5.41) is 19.8. The van der Waals surface area contributed by atoms with Gasteiger partial charge in [-0.2, -0.15) is 0 Å². The van der Waals surface area contributed by atoms with Crippen LogP contribution in [0.1, 0.15) is 152 Å². The molecule has 0 radical (unpaired) electrons. The Hall–Kier alpha value is -5.38. The molecule has 17 nitrogen and oxygen atoms in total. The van der Waals surface area contributed by atoms with Crippen LogP contribution in [0.2, 0.25) is 20.4 Å². The van der Waals surface area contributed by atoms with E-state index in [1.165, 1.54) is 24.4 Å². The van der Waals surface area contributed by atoms with Crippen LogP contribution in [-0.2, 0) is 49.1 Å². The molecule has 456 valence electrons. The molecule has 12 rings (SSSR count). The van der Waals surface area contributed by atoms with Crippen LogP contribution in [0.3, 0.4) is 0 Å². The van der Waals surface area contributed by atoms with E-state index >= 15 is 8.78 Å². The Kier molecular flexibility index (Phi) is 17.4. The topological polar surface area (TPSA) is 281 Å². The number of carbonyl (C=O) groups is 6. The van der Waals surface area contributed by atoms with E-state index < -0.39 is 81.3 Å². The molecule has 3 aliphatic carbocycles. The maximum atomic E-state index is 16.1. The molecule has 0 bridgehead atoms. The molecule has 4 amide bonds. The van der Waals surface area contributed by atoms with Gasteiger partial charge in [0.25, 0.3) is 0 Å². The number of nitrogens with two attached hydrogens (primary N) is 3. The van der Waals surface area contributed by atoms with Gasteiger partial charge in [0.1, 0.15) is 51.4 Å². The van der Waals surface area contributed by atoms with E-state index in [2.05, 4.69) is 53.6 Å². The molecular weight excluding hydrogens is 1180 g/mol. The number of nitrogens with zero attached hydrogens (tertiary/aromatic N) is 2. The number of hydrogen-bond donors (Lipinski definition) is 7. The smallest absolute Gasteiger partial charge is 0.321 e. The van der Waals surface area contributed by atoms with Crippen molar-refractivity contribution in [2.75, 3.05) is 23.8 Å². The van der Waals surface area contributed by atoms with Gasteiger partial charge in [0.05, 0.1) is 28.7 Å². The number of carboxylic acid groups (broad SMARTS) is 1. The molecule has 7 heterocycles. The predicted molar refractivity (Wildman–Crippen MR) is 317 cm³/mol. The summed E-state index contributed by atoms with van der Waals surface area (Å²) in [6, 6.07) is 11.4. The fraction of sp³-hybridized carbons (Fsp3) is 0.548. The zero-order valence-electron chi connectivity index (χ0n) is 47.8. The van der Waals surface area contributed by atoms with Crippen LogP contribution in [0.5, 0.6) is 0 Å². The third-order valence-electron chi connectivity index (χ3n) is 20.2. The van der Waals surface area contributed by atoms with Crippen molar-refractivity contribution in [1.82, 2.24) is 15.3 Å². The lowest BCUT2D eigenvalue weighted by Crippen LogP contribution is -2.61. The van der Waals surface area contributed by atoms with Crippen molar-refractivity contribution in [2.24, 2.45) is 45.3 Å². The van der Waals surface area contributed by atoms with E-state index in [-0.39, 0.29) is 90.8 Å². The molecule has 23 heteroatoms. The summed E-state index contributed by atoms with van der Waals surface area (Å²) < 4.78 is 42.3. The Bertz CT molecular complexity index is 3320. The average molecular weight is 1250 g/mol. The Morgan fingerprint density at radius 1 is 0.671 bits per heavy atom. The lowest BCUT2D eigenvalue weighted by Gasteiger charge is -2.50. The molecule has 5 aliphatic heterocycles. The van der Waals surface area contributed by atoms with Crippen LogP contribution in [0.4, 0.5) is 20.2 Å². The molecule has 4 aromatic rings. The maximum Gasteiger partial charge on any atom is 0.321 e. The number of amides is 4. The number of carboxylic acids is 1.